The molecule has 3 atom stereocenters. The standard InChI is InChI=1S/C23H27N3O2/c1-22(18-10-6-3-7-11-18)13-12-20(25-24)19-15-26(16-23(19,22)21(27)28)14-17-8-4-2-5-9-17/h2-11,19H,12-16,24H2,1H3,(H,27,28). The van der Waals surface area contributed by atoms with E-state index in [4.69, 9.17) is 5.84 Å². The summed E-state index contributed by atoms with van der Waals surface area (Å²) in [6, 6.07) is 20.3. The van der Waals surface area contributed by atoms with Gasteiger partial charge in [0, 0.05) is 36.7 Å². The summed E-state index contributed by atoms with van der Waals surface area (Å²) >= 11 is 0. The molecule has 146 valence electrons. The highest BCUT2D eigenvalue weighted by Crippen LogP contribution is 2.57. The summed E-state index contributed by atoms with van der Waals surface area (Å²) in [7, 11) is 0. The van der Waals surface area contributed by atoms with Crippen LogP contribution in [0.4, 0.5) is 0 Å². The number of nitrogens with two attached hydrogens (primary N) is 1. The van der Waals surface area contributed by atoms with Gasteiger partial charge >= 0.3 is 5.97 Å². The van der Waals surface area contributed by atoms with Gasteiger partial charge in [-0.05, 0) is 24.0 Å². The lowest BCUT2D eigenvalue weighted by Gasteiger charge is -2.50. The zero-order valence-corrected chi connectivity index (χ0v) is 16.2. The van der Waals surface area contributed by atoms with Crippen LogP contribution in [0.15, 0.2) is 65.8 Å². The van der Waals surface area contributed by atoms with Crippen molar-refractivity contribution in [3.05, 3.63) is 71.8 Å². The molecule has 2 aromatic rings. The van der Waals surface area contributed by atoms with Gasteiger partial charge in [0.15, 0.2) is 0 Å². The molecule has 1 saturated heterocycles. The molecule has 1 aliphatic heterocycles. The number of fused-ring (bicyclic) bond motifs is 1. The Labute approximate surface area is 165 Å². The highest BCUT2D eigenvalue weighted by Gasteiger charge is 2.66. The molecule has 3 N–H and O–H groups in total. The number of aliphatic carboxylic acids is 1. The van der Waals surface area contributed by atoms with Gasteiger partial charge in [-0.3, -0.25) is 9.69 Å². The minimum absolute atomic E-state index is 0.183. The Bertz CT molecular complexity index is 883. The summed E-state index contributed by atoms with van der Waals surface area (Å²) in [4.78, 5) is 15.1. The number of benzene rings is 2. The van der Waals surface area contributed by atoms with Crippen LogP contribution in [0.5, 0.6) is 0 Å². The third-order valence-electron chi connectivity index (χ3n) is 6.98. The fourth-order valence-corrected chi connectivity index (χ4v) is 5.44. The minimum atomic E-state index is -0.945. The van der Waals surface area contributed by atoms with Crippen molar-refractivity contribution in [1.82, 2.24) is 4.90 Å². The van der Waals surface area contributed by atoms with Crippen LogP contribution in [0.25, 0.3) is 0 Å². The number of hydrazone groups is 1. The fourth-order valence-electron chi connectivity index (χ4n) is 5.44. The second kappa shape index (κ2) is 7.06. The van der Waals surface area contributed by atoms with Crippen LogP contribution in [-0.4, -0.2) is 34.8 Å². The molecule has 5 heteroatoms. The number of nitrogens with zero attached hydrogens (tertiary/aromatic N) is 2. The van der Waals surface area contributed by atoms with Gasteiger partial charge in [-0.1, -0.05) is 67.6 Å². The molecule has 1 saturated carbocycles. The Kier molecular flexibility index (Phi) is 4.71. The zero-order valence-electron chi connectivity index (χ0n) is 16.2. The van der Waals surface area contributed by atoms with Crippen LogP contribution in [0, 0.1) is 11.3 Å². The van der Waals surface area contributed by atoms with E-state index in [2.05, 4.69) is 41.2 Å². The van der Waals surface area contributed by atoms with E-state index in [1.165, 1.54) is 5.56 Å². The topological polar surface area (TPSA) is 78.9 Å². The molecule has 1 heterocycles. The number of hydrogen-bond acceptors (Lipinski definition) is 4. The first-order valence-electron chi connectivity index (χ1n) is 9.83. The molecular weight excluding hydrogens is 350 g/mol. The SMILES string of the molecule is CC1(c2ccccc2)CCC(=NN)C2CN(Cc3ccccc3)CC21C(=O)O. The number of carboxylic acids is 1. The lowest BCUT2D eigenvalue weighted by molar-refractivity contribution is -0.155. The summed E-state index contributed by atoms with van der Waals surface area (Å²) in [6.45, 7) is 4.00. The lowest BCUT2D eigenvalue weighted by Crippen LogP contribution is -2.59. The van der Waals surface area contributed by atoms with Gasteiger partial charge in [-0.2, -0.15) is 5.10 Å². The van der Waals surface area contributed by atoms with Gasteiger partial charge in [0.2, 0.25) is 0 Å². The van der Waals surface area contributed by atoms with Gasteiger partial charge in [0.25, 0.3) is 0 Å². The first kappa shape index (κ1) is 18.7. The van der Waals surface area contributed by atoms with Crippen molar-refractivity contribution in [3.8, 4) is 0 Å². The first-order chi connectivity index (χ1) is 13.5. The summed E-state index contributed by atoms with van der Waals surface area (Å²) in [5.74, 6) is 4.79. The van der Waals surface area contributed by atoms with Crippen LogP contribution in [0.2, 0.25) is 0 Å². The monoisotopic (exact) mass is 377 g/mol. The summed E-state index contributed by atoms with van der Waals surface area (Å²) in [6.07, 6.45) is 1.47. The molecule has 3 unspecified atom stereocenters. The maximum atomic E-state index is 12.9. The van der Waals surface area contributed by atoms with Crippen LogP contribution in [0.1, 0.15) is 30.9 Å². The van der Waals surface area contributed by atoms with E-state index in [0.29, 0.717) is 13.1 Å². The van der Waals surface area contributed by atoms with Crippen molar-refractivity contribution in [2.75, 3.05) is 13.1 Å². The average molecular weight is 377 g/mol. The Balaban J connectivity index is 1.78. The number of carbonyl (C=O) groups is 1. The smallest absolute Gasteiger partial charge is 0.312 e. The largest absolute Gasteiger partial charge is 0.481 e. The zero-order chi connectivity index (χ0) is 19.8. The van der Waals surface area contributed by atoms with Crippen molar-refractivity contribution in [2.24, 2.45) is 22.3 Å². The molecule has 0 radical (unpaired) electrons. The molecule has 4 rings (SSSR count). The second-order valence-corrected chi connectivity index (χ2v) is 8.30. The Morgan fingerprint density at radius 2 is 1.82 bits per heavy atom. The molecule has 2 aromatic carbocycles. The molecule has 2 aliphatic rings. The quantitative estimate of drug-likeness (QED) is 0.633. The predicted molar refractivity (Wildman–Crippen MR) is 110 cm³/mol. The van der Waals surface area contributed by atoms with Crippen molar-refractivity contribution in [3.63, 3.8) is 0 Å². The highest BCUT2D eigenvalue weighted by molar-refractivity contribution is 5.96. The van der Waals surface area contributed by atoms with Crippen molar-refractivity contribution >= 4 is 11.7 Å². The molecule has 2 fully saturated rings. The van der Waals surface area contributed by atoms with Crippen LogP contribution >= 0.6 is 0 Å². The highest BCUT2D eigenvalue weighted by atomic mass is 16.4. The molecule has 1 aliphatic carbocycles. The van der Waals surface area contributed by atoms with E-state index >= 15 is 0 Å². The molecular formula is C23H27N3O2. The van der Waals surface area contributed by atoms with Gasteiger partial charge in [-0.25, -0.2) is 0 Å². The van der Waals surface area contributed by atoms with Crippen LogP contribution in [-0.2, 0) is 16.8 Å². The number of hydrogen-bond donors (Lipinski definition) is 2. The lowest BCUT2D eigenvalue weighted by atomic mass is 9.50. The van der Waals surface area contributed by atoms with Gasteiger partial charge in [0.05, 0.1) is 5.41 Å². The normalized spacial score (nSPS) is 31.6. The molecule has 5 nitrogen and oxygen atoms in total. The summed E-state index contributed by atoms with van der Waals surface area (Å²) in [5, 5.41) is 14.6. The summed E-state index contributed by atoms with van der Waals surface area (Å²) < 4.78 is 0. The third kappa shape index (κ3) is 2.73. The predicted octanol–water partition coefficient (Wildman–Crippen LogP) is 3.26. The van der Waals surface area contributed by atoms with E-state index in [1.54, 1.807) is 0 Å². The maximum absolute atomic E-state index is 12.9. The van der Waals surface area contributed by atoms with E-state index in [-0.39, 0.29) is 5.92 Å². The van der Waals surface area contributed by atoms with Crippen molar-refractivity contribution in [1.29, 1.82) is 0 Å². The summed E-state index contributed by atoms with van der Waals surface area (Å²) in [5.41, 5.74) is 1.69. The average Bonchev–Trinajstić information content (AvgIpc) is 3.11. The molecule has 0 amide bonds. The second-order valence-electron chi connectivity index (χ2n) is 8.30. The number of likely N-dealkylation sites (tertiary alicyclic amines) is 1. The van der Waals surface area contributed by atoms with Gasteiger partial charge in [-0.15, -0.1) is 0 Å². The molecule has 0 spiro atoms. The Hall–Kier alpha value is -2.66. The molecule has 0 aromatic heterocycles. The third-order valence-corrected chi connectivity index (χ3v) is 6.98. The van der Waals surface area contributed by atoms with Crippen LogP contribution in [0.3, 0.4) is 0 Å². The van der Waals surface area contributed by atoms with E-state index in [9.17, 15) is 9.90 Å². The number of rotatable bonds is 4. The van der Waals surface area contributed by atoms with E-state index in [1.807, 2.05) is 36.4 Å². The van der Waals surface area contributed by atoms with E-state index in [0.717, 1.165) is 30.7 Å². The minimum Gasteiger partial charge on any atom is -0.481 e. The molecule has 0 bridgehead atoms. The van der Waals surface area contributed by atoms with Crippen molar-refractivity contribution < 1.29 is 9.90 Å². The van der Waals surface area contributed by atoms with Crippen LogP contribution < -0.4 is 5.84 Å². The molecule has 28 heavy (non-hydrogen) atoms. The Morgan fingerprint density at radius 3 is 2.43 bits per heavy atom. The number of carboxylic acid groups (broad SMARTS) is 1. The van der Waals surface area contributed by atoms with Gasteiger partial charge < -0.3 is 10.9 Å². The maximum Gasteiger partial charge on any atom is 0.312 e. The van der Waals surface area contributed by atoms with E-state index < -0.39 is 16.8 Å². The van der Waals surface area contributed by atoms with Gasteiger partial charge in [0.1, 0.15) is 0 Å². The fraction of sp³-hybridized carbons (Fsp3) is 0.391. The first-order valence-corrected chi connectivity index (χ1v) is 9.83. The Morgan fingerprint density at radius 1 is 1.18 bits per heavy atom. The van der Waals surface area contributed by atoms with Crippen molar-refractivity contribution in [2.45, 2.75) is 31.7 Å².